The van der Waals surface area contributed by atoms with Crippen molar-refractivity contribution in [2.75, 3.05) is 40.9 Å². The third-order valence-electron chi connectivity index (χ3n) is 15.5. The number of quaternary nitrogens is 1. The molecule has 0 aliphatic rings. The number of carbonyl (C=O) groups excluding carboxylic acids is 1. The summed E-state index contributed by atoms with van der Waals surface area (Å²) in [5, 5.41) is 14.1. The second-order valence-electron chi connectivity index (χ2n) is 24.2. The number of hydrogen-bond donors (Lipinski definition) is 3. The molecule has 0 aromatic rings. The van der Waals surface area contributed by atoms with E-state index < -0.39 is 20.0 Å². The molecule has 0 fully saturated rings. The van der Waals surface area contributed by atoms with E-state index in [-0.39, 0.29) is 19.1 Å². The SMILES string of the molecule is CCCCCCCCCCCCCC/C=C\CCCCCCCCCCCCCCC(=O)NC(COP(=O)(O)OCC[N+](C)(C)C)C(O)CCCCCCCCCCCCCCCCCCCCCCCCCC. The lowest BCUT2D eigenvalue weighted by Crippen LogP contribution is -2.46. The molecule has 0 heterocycles. The van der Waals surface area contributed by atoms with Crippen LogP contribution in [-0.2, 0) is 18.4 Å². The molecule has 3 N–H and O–H groups in total. The molecule has 0 saturated heterocycles. The van der Waals surface area contributed by atoms with Crippen molar-refractivity contribution in [3.63, 3.8) is 0 Å². The normalized spacial score (nSPS) is 13.8. The first-order chi connectivity index (χ1) is 36.0. The smallest absolute Gasteiger partial charge is 0.391 e. The maximum Gasteiger partial charge on any atom is 0.472 e. The fourth-order valence-electron chi connectivity index (χ4n) is 10.3. The van der Waals surface area contributed by atoms with Crippen molar-refractivity contribution in [2.45, 2.75) is 360 Å². The summed E-state index contributed by atoms with van der Waals surface area (Å²) in [4.78, 5) is 23.4. The fourth-order valence-corrected chi connectivity index (χ4v) is 11.1. The summed E-state index contributed by atoms with van der Waals surface area (Å²) in [6.45, 7) is 4.95. The van der Waals surface area contributed by atoms with Gasteiger partial charge in [0.15, 0.2) is 0 Å². The van der Waals surface area contributed by atoms with Gasteiger partial charge < -0.3 is 19.8 Å². The van der Waals surface area contributed by atoms with Crippen LogP contribution in [0.15, 0.2) is 12.2 Å². The lowest BCUT2D eigenvalue weighted by molar-refractivity contribution is -0.870. The summed E-state index contributed by atoms with van der Waals surface area (Å²) >= 11 is 0. The van der Waals surface area contributed by atoms with E-state index in [0.717, 1.165) is 38.5 Å². The molecule has 442 valence electrons. The first-order valence-electron chi connectivity index (χ1n) is 33.1. The van der Waals surface area contributed by atoms with Crippen LogP contribution >= 0.6 is 7.82 Å². The van der Waals surface area contributed by atoms with E-state index in [1.54, 1.807) is 0 Å². The van der Waals surface area contributed by atoms with Crippen LogP contribution in [0.4, 0.5) is 0 Å². The number of amides is 1. The fraction of sp³-hybridized carbons (Fsp3) is 0.954. The number of phosphoric acid groups is 1. The van der Waals surface area contributed by atoms with E-state index in [1.807, 2.05) is 21.1 Å². The van der Waals surface area contributed by atoms with E-state index >= 15 is 0 Å². The van der Waals surface area contributed by atoms with Crippen molar-refractivity contribution in [2.24, 2.45) is 0 Å². The second-order valence-corrected chi connectivity index (χ2v) is 25.7. The Kier molecular flexibility index (Phi) is 56.4. The Morgan fingerprint density at radius 1 is 0.446 bits per heavy atom. The molecule has 0 bridgehead atoms. The van der Waals surface area contributed by atoms with Gasteiger partial charge in [-0.05, 0) is 38.5 Å². The first kappa shape index (κ1) is 73.2. The quantitative estimate of drug-likeness (QED) is 0.0243. The van der Waals surface area contributed by atoms with E-state index in [2.05, 4.69) is 31.3 Å². The molecule has 3 atom stereocenters. The first-order valence-corrected chi connectivity index (χ1v) is 34.5. The standard InChI is InChI=1S/C65H131N2O6P/c1-6-8-10-12-14-16-18-20-22-24-26-28-30-32-33-34-35-37-39-41-43-45-47-49-51-53-55-57-59-65(69)66-63(62-73-74(70,71)72-61-60-67(3,4)5)64(68)58-56-54-52-50-48-46-44-42-40-38-36-31-29-27-25-23-21-19-17-15-13-11-9-7-2/h32-33,63-64,68H,6-31,34-62H2,1-5H3,(H-,66,69,70,71)/p+1/b33-32-. The summed E-state index contributed by atoms with van der Waals surface area (Å²) in [6, 6.07) is -0.759. The van der Waals surface area contributed by atoms with Gasteiger partial charge in [-0.15, -0.1) is 0 Å². The highest BCUT2D eigenvalue weighted by Crippen LogP contribution is 2.43. The van der Waals surface area contributed by atoms with Crippen LogP contribution in [0.1, 0.15) is 348 Å². The van der Waals surface area contributed by atoms with Crippen LogP contribution in [0.5, 0.6) is 0 Å². The zero-order valence-corrected chi connectivity index (χ0v) is 51.5. The third-order valence-corrected chi connectivity index (χ3v) is 16.5. The van der Waals surface area contributed by atoms with Gasteiger partial charge in [0.05, 0.1) is 39.9 Å². The lowest BCUT2D eigenvalue weighted by Gasteiger charge is -2.26. The molecule has 0 saturated carbocycles. The molecule has 0 rings (SSSR count). The molecular weight excluding hydrogens is 936 g/mol. The summed E-state index contributed by atoms with van der Waals surface area (Å²) in [5.74, 6) is -0.137. The van der Waals surface area contributed by atoms with E-state index in [0.29, 0.717) is 23.9 Å². The minimum absolute atomic E-state index is 0.0776. The van der Waals surface area contributed by atoms with Gasteiger partial charge in [-0.1, -0.05) is 315 Å². The second kappa shape index (κ2) is 56.9. The maximum absolute atomic E-state index is 13.0. The number of aliphatic hydroxyl groups is 1. The predicted molar refractivity (Wildman–Crippen MR) is 323 cm³/mol. The zero-order valence-electron chi connectivity index (χ0n) is 50.6. The average molecular weight is 1070 g/mol. The van der Waals surface area contributed by atoms with Crippen molar-refractivity contribution in [3.8, 4) is 0 Å². The number of nitrogens with zero attached hydrogens (tertiary/aromatic N) is 1. The predicted octanol–water partition coefficient (Wildman–Crippen LogP) is 20.6. The van der Waals surface area contributed by atoms with Crippen molar-refractivity contribution in [1.29, 1.82) is 0 Å². The van der Waals surface area contributed by atoms with Gasteiger partial charge in [0.25, 0.3) is 0 Å². The van der Waals surface area contributed by atoms with Crippen LogP contribution in [0, 0.1) is 0 Å². The Balaban J connectivity index is 4.05. The Labute approximate surface area is 462 Å². The number of likely N-dealkylation sites (N-methyl/N-ethyl adjacent to an activating group) is 1. The Morgan fingerprint density at radius 2 is 0.730 bits per heavy atom. The number of aliphatic hydroxyl groups excluding tert-OH is 1. The van der Waals surface area contributed by atoms with Crippen LogP contribution in [0.25, 0.3) is 0 Å². The number of allylic oxidation sites excluding steroid dienone is 2. The van der Waals surface area contributed by atoms with Gasteiger partial charge in [0.2, 0.25) is 5.91 Å². The van der Waals surface area contributed by atoms with E-state index in [4.69, 9.17) is 9.05 Å². The van der Waals surface area contributed by atoms with Crippen LogP contribution in [0.3, 0.4) is 0 Å². The highest BCUT2D eigenvalue weighted by atomic mass is 31.2. The number of nitrogens with one attached hydrogen (secondary N) is 1. The molecule has 1 amide bonds. The average Bonchev–Trinajstić information content (AvgIpc) is 3.36. The molecule has 0 aliphatic heterocycles. The highest BCUT2D eigenvalue weighted by Gasteiger charge is 2.28. The van der Waals surface area contributed by atoms with Crippen LogP contribution < -0.4 is 5.32 Å². The van der Waals surface area contributed by atoms with Crippen molar-refractivity contribution in [1.82, 2.24) is 5.32 Å². The molecule has 0 aromatic carbocycles. The van der Waals surface area contributed by atoms with Gasteiger partial charge in [-0.3, -0.25) is 13.8 Å². The number of carbonyl (C=O) groups is 1. The van der Waals surface area contributed by atoms with E-state index in [1.165, 1.54) is 283 Å². The molecule has 0 spiro atoms. The van der Waals surface area contributed by atoms with Gasteiger partial charge >= 0.3 is 7.82 Å². The van der Waals surface area contributed by atoms with Gasteiger partial charge in [0.1, 0.15) is 13.2 Å². The van der Waals surface area contributed by atoms with Gasteiger partial charge in [0, 0.05) is 6.42 Å². The summed E-state index contributed by atoms with van der Waals surface area (Å²) in [5.41, 5.74) is 0. The summed E-state index contributed by atoms with van der Waals surface area (Å²) in [7, 11) is 1.63. The summed E-state index contributed by atoms with van der Waals surface area (Å²) < 4.78 is 23.9. The molecule has 0 aliphatic carbocycles. The molecule has 9 heteroatoms. The molecule has 0 aromatic heterocycles. The number of unbranched alkanes of at least 4 members (excludes halogenated alkanes) is 47. The number of phosphoric ester groups is 1. The number of rotatable bonds is 62. The third kappa shape index (κ3) is 58.9. The largest absolute Gasteiger partial charge is 0.472 e. The Bertz CT molecular complexity index is 1210. The molecule has 3 unspecified atom stereocenters. The van der Waals surface area contributed by atoms with E-state index in [9.17, 15) is 19.4 Å². The van der Waals surface area contributed by atoms with Gasteiger partial charge in [-0.25, -0.2) is 4.57 Å². The minimum Gasteiger partial charge on any atom is -0.391 e. The summed E-state index contributed by atoms with van der Waals surface area (Å²) in [6.07, 6.45) is 71.5. The number of hydrogen-bond acceptors (Lipinski definition) is 5. The monoisotopic (exact) mass is 1070 g/mol. The zero-order chi connectivity index (χ0) is 54.2. The molecular formula is C65H132N2O6P+. The highest BCUT2D eigenvalue weighted by molar-refractivity contribution is 7.47. The van der Waals surface area contributed by atoms with Crippen molar-refractivity contribution >= 4 is 13.7 Å². The topological polar surface area (TPSA) is 105 Å². The Morgan fingerprint density at radius 3 is 1.04 bits per heavy atom. The maximum atomic E-state index is 13.0. The molecule has 0 radical (unpaired) electrons. The molecule has 74 heavy (non-hydrogen) atoms. The van der Waals surface area contributed by atoms with Gasteiger partial charge in [-0.2, -0.15) is 0 Å². The van der Waals surface area contributed by atoms with Crippen molar-refractivity contribution < 1.29 is 32.9 Å². The molecule has 8 nitrogen and oxygen atoms in total. The van der Waals surface area contributed by atoms with Crippen LogP contribution in [0.2, 0.25) is 0 Å². The lowest BCUT2D eigenvalue weighted by atomic mass is 10.0. The Hall–Kier alpha value is -0.760. The van der Waals surface area contributed by atoms with Crippen LogP contribution in [-0.4, -0.2) is 73.4 Å². The van der Waals surface area contributed by atoms with Crippen molar-refractivity contribution in [3.05, 3.63) is 12.2 Å². The minimum atomic E-state index is -4.32.